The van der Waals surface area contributed by atoms with Crippen LogP contribution in [0.15, 0.2) is 16.8 Å². The number of nitrogens with zero attached hydrogens (tertiary/aromatic N) is 2. The van der Waals surface area contributed by atoms with Gasteiger partial charge in [-0.2, -0.15) is 8.62 Å². The summed E-state index contributed by atoms with van der Waals surface area (Å²) in [6, 6.07) is 0. The Balaban J connectivity index is 5.96. The van der Waals surface area contributed by atoms with Gasteiger partial charge >= 0.3 is 23.5 Å². The summed E-state index contributed by atoms with van der Waals surface area (Å²) in [6.45, 7) is 1.67. The van der Waals surface area contributed by atoms with Gasteiger partial charge in [-0.1, -0.05) is 0 Å². The lowest BCUT2D eigenvalue weighted by molar-refractivity contribution is -0.258. The van der Waals surface area contributed by atoms with Crippen LogP contribution in [0.3, 0.4) is 0 Å². The smallest absolute Gasteiger partial charge is 0.386 e. The van der Waals surface area contributed by atoms with E-state index in [1.54, 1.807) is 0 Å². The minimum Gasteiger partial charge on any atom is -0.386 e. The summed E-state index contributed by atoms with van der Waals surface area (Å²) in [4.78, 5) is 44.2. The second kappa shape index (κ2) is 19.7. The van der Waals surface area contributed by atoms with Crippen LogP contribution in [-0.4, -0.2) is 101 Å². The summed E-state index contributed by atoms with van der Waals surface area (Å²) in [5.41, 5.74) is 0.198. The van der Waals surface area contributed by atoms with Crippen LogP contribution < -0.4 is 5.32 Å². The molecule has 0 aliphatic rings. The zero-order chi connectivity index (χ0) is 32.6. The summed E-state index contributed by atoms with van der Waals surface area (Å²) >= 11 is 0. The lowest BCUT2D eigenvalue weighted by atomic mass is 10.1. The molecule has 5 atom stereocenters. The molecule has 42 heavy (non-hydrogen) atoms. The molecular weight excluding hydrogens is 643 g/mol. The third-order valence-electron chi connectivity index (χ3n) is 4.11. The van der Waals surface area contributed by atoms with E-state index < -0.39 is 54.4 Å². The number of amidine groups is 1. The van der Waals surface area contributed by atoms with Gasteiger partial charge in [-0.05, 0) is 6.92 Å². The molecular formula is C17H34N3O19P3. The molecule has 0 aromatic carbocycles. The summed E-state index contributed by atoms with van der Waals surface area (Å²) in [5, 5.41) is 23.6. The van der Waals surface area contributed by atoms with E-state index in [0.717, 1.165) is 41.7 Å². The zero-order valence-corrected chi connectivity index (χ0v) is 26.3. The average molecular weight is 677 g/mol. The Bertz CT molecular complexity index is 1050. The van der Waals surface area contributed by atoms with Gasteiger partial charge in [0.15, 0.2) is 6.23 Å². The van der Waals surface area contributed by atoms with Crippen molar-refractivity contribution in [1.82, 2.24) is 10.2 Å². The predicted molar refractivity (Wildman–Crippen MR) is 135 cm³/mol. The number of phosphoric acid groups is 3. The van der Waals surface area contributed by atoms with Crippen molar-refractivity contribution in [3.8, 4) is 0 Å². The molecule has 0 aromatic rings. The summed E-state index contributed by atoms with van der Waals surface area (Å²) < 4.78 is 74.7. The Kier molecular flexibility index (Phi) is 19.0. The molecule has 25 heteroatoms. The number of carbonyl (C=O) groups is 2. The monoisotopic (exact) mass is 677 g/mol. The molecule has 0 aliphatic carbocycles. The normalized spacial score (nSPS) is 18.0. The number of aliphatic hydroxyl groups excluding tert-OH is 2. The maximum atomic E-state index is 13.1. The highest BCUT2D eigenvalue weighted by atomic mass is 31.3. The van der Waals surface area contributed by atoms with Gasteiger partial charge in [-0.15, -0.1) is 18.7 Å². The fraction of sp³-hybridized carbons (Fsp3) is 0.706. The van der Waals surface area contributed by atoms with Crippen LogP contribution in [0.2, 0.25) is 0 Å². The number of nitrogens with one attached hydrogen (secondary N) is 1. The van der Waals surface area contributed by atoms with E-state index in [1.807, 2.05) is 0 Å². The molecule has 0 bridgehead atoms. The third kappa shape index (κ3) is 13.8. The van der Waals surface area contributed by atoms with Crippen LogP contribution in [0.4, 0.5) is 0 Å². The number of carbonyl (C=O) groups excluding carboxylic acids is 2. The molecule has 246 valence electrons. The van der Waals surface area contributed by atoms with Crippen LogP contribution in [0.25, 0.3) is 0 Å². The maximum Gasteiger partial charge on any atom is 0.538 e. The number of aliphatic hydroxyl groups is 2. The van der Waals surface area contributed by atoms with E-state index in [1.165, 1.54) is 20.9 Å². The fourth-order valence-electron chi connectivity index (χ4n) is 2.54. The predicted octanol–water partition coefficient (Wildman–Crippen LogP) is 0.893. The molecule has 2 amide bonds. The molecule has 0 fully saturated rings. The van der Waals surface area contributed by atoms with Crippen LogP contribution in [0.1, 0.15) is 13.8 Å². The first-order valence-electron chi connectivity index (χ1n) is 10.9. The Morgan fingerprint density at radius 2 is 1.36 bits per heavy atom. The molecule has 0 radical (unpaired) electrons. The van der Waals surface area contributed by atoms with Gasteiger partial charge in [0.2, 0.25) is 12.3 Å². The number of methoxy groups -OCH3 is 1. The van der Waals surface area contributed by atoms with Crippen LogP contribution in [-0.2, 0) is 79.4 Å². The van der Waals surface area contributed by atoms with E-state index in [-0.39, 0.29) is 17.8 Å². The SMILES string of the molecule is C/N=C(NC(C)=O)\C(C)=C/N(C=O)C(O)C(O)C(COP(=O)(OOC)OP(=O)(OOC)OP(=O)(OOC)OOC)OC. The third-order valence-corrected chi connectivity index (χ3v) is 9.10. The Morgan fingerprint density at radius 3 is 1.79 bits per heavy atom. The summed E-state index contributed by atoms with van der Waals surface area (Å²) in [5.74, 6) is -0.409. The fourth-order valence-corrected chi connectivity index (χ4v) is 6.75. The van der Waals surface area contributed by atoms with E-state index in [4.69, 9.17) is 9.26 Å². The number of hydrogen-bond acceptors (Lipinski definition) is 20. The zero-order valence-electron chi connectivity index (χ0n) is 23.7. The first-order valence-corrected chi connectivity index (χ1v) is 15.3. The maximum absolute atomic E-state index is 13.1. The van der Waals surface area contributed by atoms with Crippen molar-refractivity contribution in [3.63, 3.8) is 0 Å². The van der Waals surface area contributed by atoms with E-state index in [0.29, 0.717) is 4.90 Å². The number of ether oxygens (including phenoxy) is 1. The summed E-state index contributed by atoms with van der Waals surface area (Å²) in [7, 11) is -10.1. The highest BCUT2D eigenvalue weighted by Gasteiger charge is 2.50. The average Bonchev–Trinajstić information content (AvgIpc) is 2.89. The number of rotatable bonds is 22. The van der Waals surface area contributed by atoms with Crippen LogP contribution >= 0.6 is 23.5 Å². The van der Waals surface area contributed by atoms with Crippen molar-refractivity contribution in [1.29, 1.82) is 0 Å². The molecule has 0 aromatic heterocycles. The molecule has 0 heterocycles. The van der Waals surface area contributed by atoms with E-state index >= 15 is 0 Å². The molecule has 0 rings (SSSR count). The first kappa shape index (κ1) is 40.5. The minimum absolute atomic E-state index is 0.0544. The van der Waals surface area contributed by atoms with Crippen molar-refractivity contribution in [2.45, 2.75) is 32.3 Å². The first-order chi connectivity index (χ1) is 19.6. The van der Waals surface area contributed by atoms with Gasteiger partial charge in [0, 0.05) is 32.9 Å². The number of aliphatic imine (C=N–C) groups is 1. The molecule has 5 unspecified atom stereocenters. The highest BCUT2D eigenvalue weighted by Crippen LogP contribution is 2.73. The van der Waals surface area contributed by atoms with Crippen molar-refractivity contribution < 1.29 is 89.6 Å². The molecule has 0 spiro atoms. The minimum atomic E-state index is -5.47. The van der Waals surface area contributed by atoms with Crippen molar-refractivity contribution in [2.75, 3.05) is 49.2 Å². The molecule has 0 saturated carbocycles. The Morgan fingerprint density at radius 1 is 0.881 bits per heavy atom. The molecule has 0 saturated heterocycles. The number of hydrogen-bond donors (Lipinski definition) is 3. The van der Waals surface area contributed by atoms with Crippen LogP contribution in [0.5, 0.6) is 0 Å². The lowest BCUT2D eigenvalue weighted by Crippen LogP contribution is -2.48. The van der Waals surface area contributed by atoms with Gasteiger partial charge < -0.3 is 20.3 Å². The highest BCUT2D eigenvalue weighted by molar-refractivity contribution is 7.67. The van der Waals surface area contributed by atoms with Crippen molar-refractivity contribution >= 4 is 41.6 Å². The van der Waals surface area contributed by atoms with Gasteiger partial charge in [-0.3, -0.25) is 24.0 Å². The summed E-state index contributed by atoms with van der Waals surface area (Å²) in [6.07, 6.45) is -4.46. The standard InChI is InChI=1S/C17H34N3O19P3/c1-12(16(18-3)19-13(2)22)9-20(11-21)17(24)15(23)14(28-4)10-33-40(25,34-29-5)38-42(27,37-32-8)39-41(26,35-30-6)36-31-7/h9,11,14-15,17,23-24H,10H2,1-8H3,(H,18,19,22)/b12-9-. The Hall–Kier alpha value is -1.52. The number of amides is 2. The van der Waals surface area contributed by atoms with Crippen LogP contribution in [0, 0.1) is 0 Å². The van der Waals surface area contributed by atoms with E-state index in [2.05, 4.69) is 57.2 Å². The molecule has 3 N–H and O–H groups in total. The lowest BCUT2D eigenvalue weighted by Gasteiger charge is -2.30. The second-order valence-electron chi connectivity index (χ2n) is 7.06. The van der Waals surface area contributed by atoms with Gasteiger partial charge in [-0.25, -0.2) is 33.2 Å². The van der Waals surface area contributed by atoms with Gasteiger partial charge in [0.05, 0.1) is 35.0 Å². The van der Waals surface area contributed by atoms with Gasteiger partial charge in [0.1, 0.15) is 18.0 Å². The molecule has 0 aliphatic heterocycles. The van der Waals surface area contributed by atoms with E-state index in [9.17, 15) is 33.5 Å². The quantitative estimate of drug-likeness (QED) is 0.0273. The topological polar surface area (TPSA) is 264 Å². The molecule has 22 nitrogen and oxygen atoms in total. The van der Waals surface area contributed by atoms with Gasteiger partial charge in [0.25, 0.3) is 0 Å². The van der Waals surface area contributed by atoms with Crippen molar-refractivity contribution in [2.24, 2.45) is 4.99 Å². The largest absolute Gasteiger partial charge is 0.538 e. The van der Waals surface area contributed by atoms with Crippen molar-refractivity contribution in [3.05, 3.63) is 11.8 Å². The Labute approximate surface area is 240 Å². The second-order valence-corrected chi connectivity index (χ2v) is 11.9.